The van der Waals surface area contributed by atoms with Gasteiger partial charge in [-0.05, 0) is 44.2 Å². The zero-order valence-corrected chi connectivity index (χ0v) is 14.4. The largest absolute Gasteiger partial charge is 0.370 e. The van der Waals surface area contributed by atoms with E-state index in [-0.39, 0.29) is 11.5 Å². The maximum atomic E-state index is 12.4. The van der Waals surface area contributed by atoms with Gasteiger partial charge < -0.3 is 9.64 Å². The van der Waals surface area contributed by atoms with Gasteiger partial charge in [-0.2, -0.15) is 0 Å². The molecule has 1 amide bonds. The Morgan fingerprint density at radius 1 is 1.30 bits per heavy atom. The zero-order chi connectivity index (χ0) is 16.3. The summed E-state index contributed by atoms with van der Waals surface area (Å²) in [5, 5.41) is 0.745. The molecule has 0 N–H and O–H groups in total. The van der Waals surface area contributed by atoms with Crippen molar-refractivity contribution < 1.29 is 9.53 Å². The number of aryl methyl sites for hydroxylation is 1. The van der Waals surface area contributed by atoms with Crippen molar-refractivity contribution in [3.8, 4) is 0 Å². The van der Waals surface area contributed by atoms with Gasteiger partial charge in [0.2, 0.25) is 5.91 Å². The van der Waals surface area contributed by atoms with E-state index in [4.69, 9.17) is 16.3 Å². The van der Waals surface area contributed by atoms with Crippen LogP contribution in [0.2, 0.25) is 5.02 Å². The second kappa shape index (κ2) is 7.06. The highest BCUT2D eigenvalue weighted by Crippen LogP contribution is 2.33. The van der Waals surface area contributed by atoms with Gasteiger partial charge in [-0.3, -0.25) is 4.79 Å². The van der Waals surface area contributed by atoms with Crippen molar-refractivity contribution in [2.24, 2.45) is 0 Å². The van der Waals surface area contributed by atoms with Gasteiger partial charge >= 0.3 is 0 Å². The van der Waals surface area contributed by atoms with E-state index in [0.29, 0.717) is 12.8 Å². The van der Waals surface area contributed by atoms with Crippen LogP contribution in [0.25, 0.3) is 0 Å². The minimum atomic E-state index is -0.123. The SMILES string of the molecule is CC1=CC2(CCN(C(=O)CCc3ccccc3Cl)CC2)OCC1. The van der Waals surface area contributed by atoms with Crippen molar-refractivity contribution >= 4 is 17.5 Å². The van der Waals surface area contributed by atoms with Crippen LogP contribution in [-0.4, -0.2) is 36.1 Å². The molecule has 0 bridgehead atoms. The van der Waals surface area contributed by atoms with Gasteiger partial charge in [0.15, 0.2) is 0 Å². The third kappa shape index (κ3) is 3.96. The summed E-state index contributed by atoms with van der Waals surface area (Å²) in [6.07, 6.45) is 6.34. The average Bonchev–Trinajstić information content (AvgIpc) is 2.54. The number of carbonyl (C=O) groups is 1. The standard InChI is InChI=1S/C19H24ClNO2/c1-15-8-13-23-19(14-15)9-11-21(12-10-19)18(22)7-6-16-4-2-3-5-17(16)20/h2-5,14H,6-13H2,1H3. The monoisotopic (exact) mass is 333 g/mol. The molecule has 1 aromatic carbocycles. The lowest BCUT2D eigenvalue weighted by Gasteiger charge is -2.42. The molecule has 0 saturated carbocycles. The van der Waals surface area contributed by atoms with Crippen LogP contribution in [0.1, 0.15) is 38.2 Å². The number of hydrogen-bond donors (Lipinski definition) is 0. The first-order chi connectivity index (χ1) is 11.1. The van der Waals surface area contributed by atoms with Crippen molar-refractivity contribution in [3.05, 3.63) is 46.5 Å². The molecule has 2 heterocycles. The summed E-state index contributed by atoms with van der Waals surface area (Å²) in [6, 6.07) is 7.74. The third-order valence-electron chi connectivity index (χ3n) is 4.92. The van der Waals surface area contributed by atoms with E-state index in [1.165, 1.54) is 5.57 Å². The molecule has 23 heavy (non-hydrogen) atoms. The average molecular weight is 334 g/mol. The Morgan fingerprint density at radius 3 is 2.74 bits per heavy atom. The molecule has 4 heteroatoms. The highest BCUT2D eigenvalue weighted by Gasteiger charge is 2.36. The maximum Gasteiger partial charge on any atom is 0.222 e. The molecule has 3 rings (SSSR count). The smallest absolute Gasteiger partial charge is 0.222 e. The van der Waals surface area contributed by atoms with Gasteiger partial charge in [0.05, 0.1) is 12.2 Å². The lowest BCUT2D eigenvalue weighted by Crippen LogP contribution is -2.48. The van der Waals surface area contributed by atoms with Crippen molar-refractivity contribution in [1.82, 2.24) is 4.90 Å². The molecule has 0 radical (unpaired) electrons. The molecule has 0 unspecified atom stereocenters. The van der Waals surface area contributed by atoms with Crippen LogP contribution in [-0.2, 0) is 16.0 Å². The van der Waals surface area contributed by atoms with Crippen molar-refractivity contribution in [2.75, 3.05) is 19.7 Å². The van der Waals surface area contributed by atoms with E-state index in [9.17, 15) is 4.79 Å². The van der Waals surface area contributed by atoms with Crippen LogP contribution in [0.5, 0.6) is 0 Å². The number of likely N-dealkylation sites (tertiary alicyclic amines) is 1. The van der Waals surface area contributed by atoms with E-state index in [1.54, 1.807) is 0 Å². The van der Waals surface area contributed by atoms with Gasteiger partial charge in [-0.1, -0.05) is 41.4 Å². The topological polar surface area (TPSA) is 29.5 Å². The highest BCUT2D eigenvalue weighted by atomic mass is 35.5. The molecule has 124 valence electrons. The first kappa shape index (κ1) is 16.5. The Hall–Kier alpha value is -1.32. The fraction of sp³-hybridized carbons (Fsp3) is 0.526. The predicted octanol–water partition coefficient (Wildman–Crippen LogP) is 4.00. The molecule has 1 spiro atoms. The number of halogens is 1. The number of ether oxygens (including phenoxy) is 1. The molecule has 1 aromatic rings. The van der Waals surface area contributed by atoms with Gasteiger partial charge in [0, 0.05) is 24.5 Å². The minimum Gasteiger partial charge on any atom is -0.370 e. The fourth-order valence-corrected chi connectivity index (χ4v) is 3.73. The lowest BCUT2D eigenvalue weighted by molar-refractivity contribution is -0.136. The molecule has 0 aromatic heterocycles. The Balaban J connectivity index is 1.52. The minimum absolute atomic E-state index is 0.123. The second-order valence-electron chi connectivity index (χ2n) is 6.63. The summed E-state index contributed by atoms with van der Waals surface area (Å²) in [4.78, 5) is 14.4. The van der Waals surface area contributed by atoms with Crippen LogP contribution < -0.4 is 0 Å². The van der Waals surface area contributed by atoms with Gasteiger partial charge in [0.1, 0.15) is 0 Å². The summed E-state index contributed by atoms with van der Waals surface area (Å²) in [7, 11) is 0. The molecule has 2 aliphatic rings. The third-order valence-corrected chi connectivity index (χ3v) is 5.29. The fourth-order valence-electron chi connectivity index (χ4n) is 3.50. The highest BCUT2D eigenvalue weighted by molar-refractivity contribution is 6.31. The molecular weight excluding hydrogens is 310 g/mol. The molecular formula is C19H24ClNO2. The van der Waals surface area contributed by atoms with E-state index < -0.39 is 0 Å². The summed E-state index contributed by atoms with van der Waals surface area (Å²) in [5.41, 5.74) is 2.34. The molecule has 2 aliphatic heterocycles. The number of carbonyl (C=O) groups excluding carboxylic acids is 1. The molecule has 0 atom stereocenters. The van der Waals surface area contributed by atoms with E-state index in [1.807, 2.05) is 29.2 Å². The predicted molar refractivity (Wildman–Crippen MR) is 92.6 cm³/mol. The first-order valence-electron chi connectivity index (χ1n) is 8.41. The van der Waals surface area contributed by atoms with E-state index in [0.717, 1.165) is 49.5 Å². The number of benzene rings is 1. The van der Waals surface area contributed by atoms with Crippen LogP contribution >= 0.6 is 11.6 Å². The van der Waals surface area contributed by atoms with Gasteiger partial charge in [-0.25, -0.2) is 0 Å². The van der Waals surface area contributed by atoms with Gasteiger partial charge in [-0.15, -0.1) is 0 Å². The summed E-state index contributed by atoms with van der Waals surface area (Å²) < 4.78 is 6.02. The quantitative estimate of drug-likeness (QED) is 0.782. The van der Waals surface area contributed by atoms with E-state index >= 15 is 0 Å². The molecule has 0 aliphatic carbocycles. The molecule has 1 saturated heterocycles. The Kier molecular flexibility index (Phi) is 5.08. The molecule has 1 fully saturated rings. The zero-order valence-electron chi connectivity index (χ0n) is 13.7. The lowest BCUT2D eigenvalue weighted by atomic mass is 9.87. The number of nitrogens with zero attached hydrogens (tertiary/aromatic N) is 1. The number of hydrogen-bond acceptors (Lipinski definition) is 2. The van der Waals surface area contributed by atoms with Crippen LogP contribution in [0.4, 0.5) is 0 Å². The summed E-state index contributed by atoms with van der Waals surface area (Å²) in [5.74, 6) is 0.219. The van der Waals surface area contributed by atoms with Crippen molar-refractivity contribution in [3.63, 3.8) is 0 Å². The van der Waals surface area contributed by atoms with Crippen LogP contribution in [0.3, 0.4) is 0 Å². The number of piperidine rings is 1. The van der Waals surface area contributed by atoms with Gasteiger partial charge in [0.25, 0.3) is 0 Å². The van der Waals surface area contributed by atoms with Crippen molar-refractivity contribution in [2.45, 2.75) is 44.6 Å². The normalized spacial score (nSPS) is 20.4. The molecule has 3 nitrogen and oxygen atoms in total. The number of amides is 1. The Bertz CT molecular complexity index is 603. The van der Waals surface area contributed by atoms with E-state index in [2.05, 4.69) is 13.0 Å². The Labute approximate surface area is 143 Å². The number of rotatable bonds is 3. The second-order valence-corrected chi connectivity index (χ2v) is 7.03. The maximum absolute atomic E-state index is 12.4. The van der Waals surface area contributed by atoms with Crippen LogP contribution in [0.15, 0.2) is 35.9 Å². The summed E-state index contributed by atoms with van der Waals surface area (Å²) >= 11 is 6.16. The van der Waals surface area contributed by atoms with Crippen LogP contribution in [0, 0.1) is 0 Å². The van der Waals surface area contributed by atoms with Crippen molar-refractivity contribution in [1.29, 1.82) is 0 Å². The summed E-state index contributed by atoms with van der Waals surface area (Å²) in [6.45, 7) is 4.55. The first-order valence-corrected chi connectivity index (χ1v) is 8.79. The Morgan fingerprint density at radius 2 is 2.04 bits per heavy atom.